The highest BCUT2D eigenvalue weighted by molar-refractivity contribution is 9.10. The molecule has 1 heterocycles. The fraction of sp³-hybridized carbons (Fsp3) is 0.0625. The largest absolute Gasteiger partial charge is 0.327 e. The van der Waals surface area contributed by atoms with Crippen LogP contribution >= 0.6 is 27.3 Å². The van der Waals surface area contributed by atoms with Crippen molar-refractivity contribution in [3.05, 3.63) is 58.1 Å². The van der Waals surface area contributed by atoms with Gasteiger partial charge in [0, 0.05) is 4.47 Å². The van der Waals surface area contributed by atoms with E-state index in [4.69, 9.17) is 0 Å². The maximum atomic E-state index is 12.1. The van der Waals surface area contributed by atoms with Crippen LogP contribution in [0.3, 0.4) is 0 Å². The summed E-state index contributed by atoms with van der Waals surface area (Å²) >= 11 is 4.45. The molecule has 0 aliphatic carbocycles. The fourth-order valence-corrected chi connectivity index (χ4v) is 4.10. The summed E-state index contributed by atoms with van der Waals surface area (Å²) in [6.45, 7) is 0. The fourth-order valence-electron chi connectivity index (χ4n) is 2.21. The Labute approximate surface area is 162 Å². The number of nitrogens with one attached hydrogen (secondary N) is 2. The molecule has 0 radical (unpaired) electrons. The molecule has 0 saturated carbocycles. The first-order valence-corrected chi connectivity index (χ1v) is 10.3. The number of fused-ring (bicyclic) bond motifs is 1. The van der Waals surface area contributed by atoms with Gasteiger partial charge in [-0.3, -0.25) is 15.4 Å². The van der Waals surface area contributed by atoms with Crippen LogP contribution in [-0.2, 0) is 16.5 Å². The normalized spacial score (nSPS) is 10.8. The Kier molecular flexibility index (Phi) is 5.64. The van der Waals surface area contributed by atoms with E-state index in [0.717, 1.165) is 4.70 Å². The molecule has 1 aromatic heterocycles. The van der Waals surface area contributed by atoms with Gasteiger partial charge in [-0.25, -0.2) is 18.2 Å². The minimum atomic E-state index is -2.51. The van der Waals surface area contributed by atoms with Gasteiger partial charge in [-0.05, 0) is 45.8 Å². The van der Waals surface area contributed by atoms with Crippen molar-refractivity contribution >= 4 is 65.3 Å². The molecule has 0 bridgehead atoms. The Hall–Kier alpha value is -2.30. The van der Waals surface area contributed by atoms with Crippen molar-refractivity contribution in [3.8, 4) is 0 Å². The molecule has 10 heteroatoms. The van der Waals surface area contributed by atoms with Crippen LogP contribution in [0, 0.1) is 0 Å². The molecule has 0 unspecified atom stereocenters. The third-order valence-electron chi connectivity index (χ3n) is 3.33. The molecule has 0 saturated heterocycles. The molecule has 0 atom stereocenters. The van der Waals surface area contributed by atoms with E-state index in [1.807, 2.05) is 0 Å². The number of benzene rings is 2. The number of carbonyl (C=O) groups excluding carboxylic acids is 2. The lowest BCUT2D eigenvalue weighted by atomic mass is 10.2. The first kappa shape index (κ1) is 18.5. The number of halogens is 1. The molecular formula is C16H12BrN3O4S2. The Morgan fingerprint density at radius 1 is 1.15 bits per heavy atom. The maximum Gasteiger partial charge on any atom is 0.327 e. The van der Waals surface area contributed by atoms with E-state index >= 15 is 0 Å². The van der Waals surface area contributed by atoms with Crippen molar-refractivity contribution in [1.29, 1.82) is 0 Å². The Balaban J connectivity index is 1.71. The van der Waals surface area contributed by atoms with Crippen molar-refractivity contribution in [2.45, 2.75) is 5.75 Å². The molecular weight excluding hydrogens is 442 g/mol. The van der Waals surface area contributed by atoms with Crippen LogP contribution in [0.25, 0.3) is 10.2 Å². The smallest absolute Gasteiger partial charge is 0.283 e. The van der Waals surface area contributed by atoms with E-state index < -0.39 is 22.6 Å². The van der Waals surface area contributed by atoms with Gasteiger partial charge in [-0.1, -0.05) is 29.5 Å². The van der Waals surface area contributed by atoms with Gasteiger partial charge >= 0.3 is 6.03 Å². The number of aromatic nitrogens is 1. The molecule has 3 amide bonds. The van der Waals surface area contributed by atoms with Crippen LogP contribution in [0.2, 0.25) is 0 Å². The van der Waals surface area contributed by atoms with Gasteiger partial charge in [0.15, 0.2) is 5.13 Å². The highest BCUT2D eigenvalue weighted by Gasteiger charge is 2.14. The minimum Gasteiger partial charge on any atom is -0.283 e. The predicted molar refractivity (Wildman–Crippen MR) is 104 cm³/mol. The summed E-state index contributed by atoms with van der Waals surface area (Å²) in [6.07, 6.45) is 0. The zero-order valence-corrected chi connectivity index (χ0v) is 16.4. The molecule has 0 spiro atoms. The van der Waals surface area contributed by atoms with E-state index in [9.17, 15) is 18.0 Å². The lowest BCUT2D eigenvalue weighted by Gasteiger charge is -2.05. The van der Waals surface area contributed by atoms with Crippen LogP contribution in [0.4, 0.5) is 9.93 Å². The number of anilines is 1. The molecule has 7 nitrogen and oxygen atoms in total. The summed E-state index contributed by atoms with van der Waals surface area (Å²) in [4.78, 5) is 28.4. The van der Waals surface area contributed by atoms with Gasteiger partial charge in [0.25, 0.3) is 5.91 Å². The summed E-state index contributed by atoms with van der Waals surface area (Å²) < 4.78 is 23.0. The van der Waals surface area contributed by atoms with E-state index in [1.165, 1.54) is 11.3 Å². The number of rotatable bonds is 4. The summed E-state index contributed by atoms with van der Waals surface area (Å²) in [5.74, 6) is -0.593. The second-order valence-corrected chi connectivity index (χ2v) is 8.07. The highest BCUT2D eigenvalue weighted by Crippen LogP contribution is 2.27. The Morgan fingerprint density at radius 2 is 1.92 bits per heavy atom. The molecule has 0 fully saturated rings. The average Bonchev–Trinajstić information content (AvgIpc) is 2.95. The van der Waals surface area contributed by atoms with Crippen LogP contribution in [0.15, 0.2) is 46.9 Å². The summed E-state index contributed by atoms with van der Waals surface area (Å²) in [6, 6.07) is 11.1. The van der Waals surface area contributed by atoms with Gasteiger partial charge in [0.05, 0.1) is 21.5 Å². The topological polar surface area (TPSA) is 105 Å². The van der Waals surface area contributed by atoms with E-state index in [-0.39, 0.29) is 5.75 Å². The molecule has 134 valence electrons. The number of thiol groups is 1. The molecule has 3 rings (SSSR count). The van der Waals surface area contributed by atoms with Crippen molar-refractivity contribution in [3.63, 3.8) is 0 Å². The van der Waals surface area contributed by atoms with Gasteiger partial charge in [-0.2, -0.15) is 0 Å². The zero-order chi connectivity index (χ0) is 18.7. The van der Waals surface area contributed by atoms with Crippen LogP contribution in [0.5, 0.6) is 0 Å². The number of nitrogens with zero attached hydrogens (tertiary/aromatic N) is 1. The third kappa shape index (κ3) is 4.45. The molecule has 0 aliphatic heterocycles. The second-order valence-electron chi connectivity index (χ2n) is 5.20. The van der Waals surface area contributed by atoms with Crippen LogP contribution in [0.1, 0.15) is 15.9 Å². The number of thiazole rings is 1. The molecule has 2 N–H and O–H groups in total. The predicted octanol–water partition coefficient (Wildman–Crippen LogP) is 3.13. The van der Waals surface area contributed by atoms with Crippen molar-refractivity contribution in [2.24, 2.45) is 0 Å². The van der Waals surface area contributed by atoms with Crippen molar-refractivity contribution in [2.75, 3.05) is 5.32 Å². The second kappa shape index (κ2) is 7.94. The molecule has 0 aliphatic rings. The Bertz CT molecular complexity index is 1070. The quantitative estimate of drug-likeness (QED) is 0.526. The number of carbonyl (C=O) groups is 2. The third-order valence-corrected chi connectivity index (χ3v) is 5.58. The molecule has 3 aromatic rings. The standard InChI is InChI=1S/C16H12BrN3O4S2/c17-11-4-2-1-3-10(11)14(21)19-15(22)20-16-18-12-6-5-9(8-26(23)24)7-13(12)25-16/h1-7,26H,8H2,(H2,18,19,20,21,22). The summed E-state index contributed by atoms with van der Waals surface area (Å²) in [5, 5.41) is 5.06. The maximum absolute atomic E-state index is 12.1. The highest BCUT2D eigenvalue weighted by atomic mass is 79.9. The summed E-state index contributed by atoms with van der Waals surface area (Å²) in [5.41, 5.74) is 1.62. The number of urea groups is 1. The lowest BCUT2D eigenvalue weighted by Crippen LogP contribution is -2.34. The lowest BCUT2D eigenvalue weighted by molar-refractivity contribution is 0.0966. The van der Waals surface area contributed by atoms with Crippen LogP contribution < -0.4 is 10.6 Å². The number of hydrogen-bond acceptors (Lipinski definition) is 6. The zero-order valence-electron chi connectivity index (χ0n) is 13.1. The first-order valence-electron chi connectivity index (χ1n) is 7.30. The van der Waals surface area contributed by atoms with Gasteiger partial charge in [0.1, 0.15) is 10.7 Å². The SMILES string of the molecule is O=C(NC(=O)c1ccccc1Br)Nc1nc2ccc(C[SH](=O)=O)cc2s1. The van der Waals surface area contributed by atoms with E-state index in [2.05, 4.69) is 31.5 Å². The molecule has 26 heavy (non-hydrogen) atoms. The van der Waals surface area contributed by atoms with Crippen molar-refractivity contribution in [1.82, 2.24) is 10.3 Å². The number of imide groups is 1. The first-order chi connectivity index (χ1) is 12.4. The van der Waals surface area contributed by atoms with Crippen molar-refractivity contribution < 1.29 is 18.0 Å². The van der Waals surface area contributed by atoms with Gasteiger partial charge < -0.3 is 0 Å². The number of amides is 3. The van der Waals surface area contributed by atoms with Crippen LogP contribution in [-0.4, -0.2) is 25.3 Å². The number of hydrogen-bond donors (Lipinski definition) is 3. The van der Waals surface area contributed by atoms with Gasteiger partial charge in [0.2, 0.25) is 0 Å². The summed E-state index contributed by atoms with van der Waals surface area (Å²) in [7, 11) is -2.51. The van der Waals surface area contributed by atoms with E-state index in [0.29, 0.717) is 26.2 Å². The Morgan fingerprint density at radius 3 is 2.65 bits per heavy atom. The minimum absolute atomic E-state index is 0.0487. The average molecular weight is 454 g/mol. The molecule has 2 aromatic carbocycles. The van der Waals surface area contributed by atoms with E-state index in [1.54, 1.807) is 42.5 Å². The monoisotopic (exact) mass is 453 g/mol. The van der Waals surface area contributed by atoms with Gasteiger partial charge in [-0.15, -0.1) is 0 Å².